The van der Waals surface area contributed by atoms with Crippen molar-refractivity contribution in [2.75, 3.05) is 12.4 Å². The minimum absolute atomic E-state index is 0.00914. The second-order valence-corrected chi connectivity index (χ2v) is 11.5. The van der Waals surface area contributed by atoms with Crippen molar-refractivity contribution < 1.29 is 36.2 Å². The fourth-order valence-electron chi connectivity index (χ4n) is 3.89. The molecule has 0 saturated carbocycles. The molecule has 0 fully saturated rings. The number of hydrogen-bond acceptors (Lipinski definition) is 7. The number of hydrogen-bond donors (Lipinski definition) is 2. The van der Waals surface area contributed by atoms with E-state index in [1.807, 2.05) is 0 Å². The van der Waals surface area contributed by atoms with Crippen LogP contribution in [0.2, 0.25) is 0 Å². The Kier molecular flexibility index (Phi) is 7.31. The van der Waals surface area contributed by atoms with E-state index in [1.54, 1.807) is 22.8 Å². The van der Waals surface area contributed by atoms with Crippen molar-refractivity contribution in [3.8, 4) is 10.8 Å². The van der Waals surface area contributed by atoms with Crippen LogP contribution in [0.15, 0.2) is 54.9 Å². The Hall–Kier alpha value is -3.42. The number of benzene rings is 2. The largest absolute Gasteiger partial charge is 0.484 e. The predicted octanol–water partition coefficient (Wildman–Crippen LogP) is 4.25. The zero-order chi connectivity index (χ0) is 27.0. The molecule has 0 spiro atoms. The summed E-state index contributed by atoms with van der Waals surface area (Å²) < 4.78 is 72.1. The summed E-state index contributed by atoms with van der Waals surface area (Å²) in [4.78, 5) is 16.5. The molecule has 1 amide bonds. The van der Waals surface area contributed by atoms with Crippen molar-refractivity contribution in [1.82, 2.24) is 9.55 Å². The molecule has 0 aliphatic carbocycles. The molecule has 4 rings (SSSR count). The Bertz CT molecular complexity index is 1560. The van der Waals surface area contributed by atoms with Crippen molar-refractivity contribution in [3.63, 3.8) is 0 Å². The number of nitrogens with two attached hydrogens (primary N) is 1. The molecule has 0 unspecified atom stereocenters. The summed E-state index contributed by atoms with van der Waals surface area (Å²) in [7, 11) is -3.52. The van der Waals surface area contributed by atoms with E-state index in [2.05, 4.69) is 4.98 Å². The van der Waals surface area contributed by atoms with E-state index >= 15 is 0 Å². The normalized spacial score (nSPS) is 13.1. The van der Waals surface area contributed by atoms with Crippen LogP contribution in [0.1, 0.15) is 39.4 Å². The number of aliphatic hydroxyl groups is 1. The Morgan fingerprint density at radius 1 is 1.22 bits per heavy atom. The number of sulfone groups is 1. The van der Waals surface area contributed by atoms with Gasteiger partial charge in [-0.05, 0) is 30.7 Å². The van der Waals surface area contributed by atoms with Gasteiger partial charge in [0.1, 0.15) is 28.1 Å². The maximum absolute atomic E-state index is 13.5. The van der Waals surface area contributed by atoms with Gasteiger partial charge in [0.25, 0.3) is 5.91 Å². The summed E-state index contributed by atoms with van der Waals surface area (Å²) in [5.74, 6) is -1.45. The third-order valence-electron chi connectivity index (χ3n) is 5.55. The van der Waals surface area contributed by atoms with Crippen LogP contribution in [0.5, 0.6) is 5.75 Å². The molecule has 2 heterocycles. The minimum Gasteiger partial charge on any atom is -0.484 e. The summed E-state index contributed by atoms with van der Waals surface area (Å²) in [6, 6.07) is 11.4. The monoisotopic (exact) mass is 553 g/mol. The number of carbonyl (C=O) groups excluding carboxylic acids is 1. The van der Waals surface area contributed by atoms with E-state index in [9.17, 15) is 26.4 Å². The SMILES string of the molecule is C[C@@H](Oc1cc(-n2cnc3ccc(CS(=O)(=O)CCO)cc32)sc1C(N)=O)c1ccccc1C(F)(F)F. The van der Waals surface area contributed by atoms with Gasteiger partial charge in [0, 0.05) is 11.6 Å². The number of rotatable bonds is 9. The van der Waals surface area contributed by atoms with Crippen molar-refractivity contribution in [2.24, 2.45) is 5.73 Å². The van der Waals surface area contributed by atoms with Gasteiger partial charge in [-0.2, -0.15) is 13.2 Å². The van der Waals surface area contributed by atoms with Crippen LogP contribution in [0.4, 0.5) is 13.2 Å². The molecule has 196 valence electrons. The maximum atomic E-state index is 13.5. The second kappa shape index (κ2) is 10.1. The van der Waals surface area contributed by atoms with Crippen molar-refractivity contribution in [2.45, 2.75) is 25.0 Å². The van der Waals surface area contributed by atoms with E-state index in [1.165, 1.54) is 37.5 Å². The van der Waals surface area contributed by atoms with Gasteiger partial charge in [0.05, 0.1) is 34.7 Å². The minimum atomic E-state index is -4.58. The van der Waals surface area contributed by atoms with Crippen molar-refractivity contribution in [3.05, 3.63) is 76.4 Å². The Labute approximate surface area is 214 Å². The number of aliphatic hydroxyl groups excluding tert-OH is 1. The number of amides is 1. The Morgan fingerprint density at radius 3 is 2.62 bits per heavy atom. The van der Waals surface area contributed by atoms with Gasteiger partial charge in [-0.25, -0.2) is 13.4 Å². The highest BCUT2D eigenvalue weighted by Gasteiger charge is 2.35. The standard InChI is InChI=1S/C24H22F3N3O5S2/c1-14(16-4-2-3-5-17(16)24(25,26)27)35-20-11-21(36-22(20)23(28)32)30-13-29-18-7-6-15(10-19(18)30)12-37(33,34)9-8-31/h2-7,10-11,13-14,31H,8-9,12H2,1H3,(H2,28,32)/t14-/m1/s1. The van der Waals surface area contributed by atoms with Crippen molar-refractivity contribution >= 4 is 38.1 Å². The number of imidazole rings is 1. The number of carbonyl (C=O) groups is 1. The molecule has 4 aromatic rings. The number of ether oxygens (including phenoxy) is 1. The van der Waals surface area contributed by atoms with Gasteiger partial charge in [-0.3, -0.25) is 9.36 Å². The van der Waals surface area contributed by atoms with Gasteiger partial charge in [0.15, 0.2) is 9.84 Å². The first-order valence-electron chi connectivity index (χ1n) is 10.9. The van der Waals surface area contributed by atoms with E-state index in [4.69, 9.17) is 15.6 Å². The highest BCUT2D eigenvalue weighted by Crippen LogP contribution is 2.39. The molecule has 8 nitrogen and oxygen atoms in total. The number of nitrogens with zero attached hydrogens (tertiary/aromatic N) is 2. The number of halogens is 3. The number of aromatic nitrogens is 2. The van der Waals surface area contributed by atoms with Gasteiger partial charge in [-0.1, -0.05) is 24.3 Å². The van der Waals surface area contributed by atoms with Crippen LogP contribution in [0, 0.1) is 0 Å². The summed E-state index contributed by atoms with van der Waals surface area (Å²) in [5.41, 5.74) is 6.15. The molecule has 2 aromatic heterocycles. The lowest BCUT2D eigenvalue weighted by molar-refractivity contribution is -0.139. The smallest absolute Gasteiger partial charge is 0.416 e. The number of primary amides is 1. The van der Waals surface area contributed by atoms with Gasteiger partial charge in [-0.15, -0.1) is 11.3 Å². The molecule has 37 heavy (non-hydrogen) atoms. The maximum Gasteiger partial charge on any atom is 0.416 e. The van der Waals surface area contributed by atoms with Crippen LogP contribution in [0.25, 0.3) is 16.0 Å². The highest BCUT2D eigenvalue weighted by atomic mass is 32.2. The van der Waals surface area contributed by atoms with E-state index in [-0.39, 0.29) is 27.7 Å². The third kappa shape index (κ3) is 5.78. The first kappa shape index (κ1) is 26.6. The molecule has 1 atom stereocenters. The van der Waals surface area contributed by atoms with Gasteiger partial charge in [0.2, 0.25) is 0 Å². The topological polar surface area (TPSA) is 125 Å². The van der Waals surface area contributed by atoms with Crippen molar-refractivity contribution in [1.29, 1.82) is 0 Å². The molecular formula is C24H22F3N3O5S2. The average Bonchev–Trinajstić information content (AvgIpc) is 3.42. The fraction of sp³-hybridized carbons (Fsp3) is 0.250. The molecular weight excluding hydrogens is 531 g/mol. The molecule has 3 N–H and O–H groups in total. The lowest BCUT2D eigenvalue weighted by Gasteiger charge is -2.19. The molecule has 13 heteroatoms. The summed E-state index contributed by atoms with van der Waals surface area (Å²) >= 11 is 0.964. The number of alkyl halides is 3. The predicted molar refractivity (Wildman–Crippen MR) is 133 cm³/mol. The number of fused-ring (bicyclic) bond motifs is 1. The summed E-state index contributed by atoms with van der Waals surface area (Å²) in [6.45, 7) is 0.959. The third-order valence-corrected chi connectivity index (χ3v) is 8.26. The van der Waals surface area contributed by atoms with E-state index in [0.717, 1.165) is 17.4 Å². The summed E-state index contributed by atoms with van der Waals surface area (Å²) in [5, 5.41) is 9.42. The zero-order valence-corrected chi connectivity index (χ0v) is 21.0. The Morgan fingerprint density at radius 2 is 1.95 bits per heavy atom. The summed E-state index contributed by atoms with van der Waals surface area (Å²) in [6.07, 6.45) is -4.17. The Balaban J connectivity index is 1.71. The molecule has 2 aromatic carbocycles. The molecule has 0 aliphatic rings. The number of thiophene rings is 1. The van der Waals surface area contributed by atoms with Crippen LogP contribution in [0.3, 0.4) is 0 Å². The average molecular weight is 554 g/mol. The lowest BCUT2D eigenvalue weighted by atomic mass is 10.0. The molecule has 0 aliphatic heterocycles. The fourth-order valence-corrected chi connectivity index (χ4v) is 5.92. The van der Waals surface area contributed by atoms with Crippen LogP contribution in [-0.4, -0.2) is 41.3 Å². The molecule has 0 radical (unpaired) electrons. The molecule has 0 bridgehead atoms. The first-order valence-corrected chi connectivity index (χ1v) is 13.6. The first-order chi connectivity index (χ1) is 17.4. The highest BCUT2D eigenvalue weighted by molar-refractivity contribution is 7.90. The van der Waals surface area contributed by atoms with Crippen LogP contribution in [-0.2, 0) is 21.8 Å². The van der Waals surface area contributed by atoms with Crippen LogP contribution >= 0.6 is 11.3 Å². The van der Waals surface area contributed by atoms with E-state index < -0.39 is 40.2 Å². The quantitative estimate of drug-likeness (QED) is 0.319. The molecule has 0 saturated heterocycles. The van der Waals surface area contributed by atoms with Gasteiger partial charge >= 0.3 is 6.18 Å². The van der Waals surface area contributed by atoms with Crippen LogP contribution < -0.4 is 10.5 Å². The lowest BCUT2D eigenvalue weighted by Crippen LogP contribution is -2.15. The second-order valence-electron chi connectivity index (χ2n) is 8.24. The zero-order valence-electron chi connectivity index (χ0n) is 19.4. The van der Waals surface area contributed by atoms with Gasteiger partial charge < -0.3 is 15.6 Å². The van der Waals surface area contributed by atoms with E-state index in [0.29, 0.717) is 21.6 Å².